The number of hydroxylamine groups is 2. The average molecular weight is 167 g/mol. The van der Waals surface area contributed by atoms with Crippen LogP contribution in [0, 0.1) is 11.8 Å². The van der Waals surface area contributed by atoms with Gasteiger partial charge in [-0.1, -0.05) is 12.2 Å². The molecule has 4 nitrogen and oxygen atoms in total. The van der Waals surface area contributed by atoms with Gasteiger partial charge in [0.25, 0.3) is 11.8 Å². The molecule has 2 unspecified atom stereocenters. The highest BCUT2D eigenvalue weighted by Gasteiger charge is 2.46. The SMILES string of the molecule is O=C1C2C=CCCC2C(=O)N1O. The zero-order valence-electron chi connectivity index (χ0n) is 6.43. The van der Waals surface area contributed by atoms with Gasteiger partial charge in [0.05, 0.1) is 11.8 Å². The molecule has 0 aromatic carbocycles. The van der Waals surface area contributed by atoms with Crippen molar-refractivity contribution >= 4 is 11.8 Å². The number of carbonyl (C=O) groups excluding carboxylic acids is 2. The predicted molar refractivity (Wildman–Crippen MR) is 39.0 cm³/mol. The van der Waals surface area contributed by atoms with E-state index in [9.17, 15) is 9.59 Å². The summed E-state index contributed by atoms with van der Waals surface area (Å²) < 4.78 is 0. The van der Waals surface area contributed by atoms with Gasteiger partial charge < -0.3 is 0 Å². The summed E-state index contributed by atoms with van der Waals surface area (Å²) in [6.45, 7) is 0. The van der Waals surface area contributed by atoms with Crippen LogP contribution in [0.1, 0.15) is 12.8 Å². The highest BCUT2D eigenvalue weighted by molar-refractivity contribution is 6.04. The molecule has 0 radical (unpaired) electrons. The summed E-state index contributed by atoms with van der Waals surface area (Å²) in [4.78, 5) is 22.3. The van der Waals surface area contributed by atoms with Crippen molar-refractivity contribution in [1.29, 1.82) is 0 Å². The van der Waals surface area contributed by atoms with Crippen molar-refractivity contribution in [3.05, 3.63) is 12.2 Å². The Kier molecular flexibility index (Phi) is 1.51. The number of rotatable bonds is 0. The van der Waals surface area contributed by atoms with Crippen LogP contribution in [0.3, 0.4) is 0 Å². The fourth-order valence-corrected chi connectivity index (χ4v) is 1.77. The van der Waals surface area contributed by atoms with Gasteiger partial charge in [-0.15, -0.1) is 0 Å². The standard InChI is InChI=1S/C8H9NO3/c10-7-5-3-1-2-4-6(5)8(11)9(7)12/h1,3,5-6,12H,2,4H2. The third kappa shape index (κ3) is 0.814. The smallest absolute Gasteiger partial charge is 0.261 e. The van der Waals surface area contributed by atoms with Crippen molar-refractivity contribution in [2.75, 3.05) is 0 Å². The first-order valence-electron chi connectivity index (χ1n) is 3.95. The van der Waals surface area contributed by atoms with Crippen molar-refractivity contribution in [3.63, 3.8) is 0 Å². The molecule has 2 atom stereocenters. The van der Waals surface area contributed by atoms with Crippen LogP contribution in [0.25, 0.3) is 0 Å². The van der Waals surface area contributed by atoms with Crippen LogP contribution < -0.4 is 0 Å². The second-order valence-corrected chi connectivity index (χ2v) is 3.13. The molecule has 2 aliphatic rings. The quantitative estimate of drug-likeness (QED) is 0.321. The average Bonchev–Trinajstić information content (AvgIpc) is 2.33. The molecule has 0 spiro atoms. The Bertz CT molecular complexity index is 271. The fourth-order valence-electron chi connectivity index (χ4n) is 1.77. The summed E-state index contributed by atoms with van der Waals surface area (Å²) in [5.41, 5.74) is 0. The highest BCUT2D eigenvalue weighted by Crippen LogP contribution is 2.32. The molecule has 12 heavy (non-hydrogen) atoms. The first kappa shape index (κ1) is 7.49. The van der Waals surface area contributed by atoms with Crippen molar-refractivity contribution < 1.29 is 14.8 Å². The molecule has 0 aromatic rings. The van der Waals surface area contributed by atoms with Crippen molar-refractivity contribution in [3.8, 4) is 0 Å². The van der Waals surface area contributed by atoms with E-state index in [2.05, 4.69) is 0 Å². The molecule has 1 aliphatic heterocycles. The maximum absolute atomic E-state index is 11.2. The fraction of sp³-hybridized carbons (Fsp3) is 0.500. The zero-order valence-corrected chi connectivity index (χ0v) is 6.43. The largest absolute Gasteiger partial charge is 0.278 e. The number of hydrogen-bond donors (Lipinski definition) is 1. The Morgan fingerprint density at radius 3 is 2.83 bits per heavy atom. The predicted octanol–water partition coefficient (Wildman–Crippen LogP) is 0.327. The molecule has 0 aromatic heterocycles. The molecule has 2 amide bonds. The van der Waals surface area contributed by atoms with Gasteiger partial charge in [-0.05, 0) is 12.8 Å². The number of amides is 2. The molecular weight excluding hydrogens is 158 g/mol. The van der Waals surface area contributed by atoms with Crippen molar-refractivity contribution in [1.82, 2.24) is 5.06 Å². The maximum Gasteiger partial charge on any atom is 0.261 e. The zero-order chi connectivity index (χ0) is 8.72. The minimum Gasteiger partial charge on any atom is -0.278 e. The summed E-state index contributed by atoms with van der Waals surface area (Å²) in [6.07, 6.45) is 5.08. The number of allylic oxidation sites excluding steroid dienone is 1. The third-order valence-corrected chi connectivity index (χ3v) is 2.44. The lowest BCUT2D eigenvalue weighted by Gasteiger charge is -2.13. The molecular formula is C8H9NO3. The number of nitrogens with zero attached hydrogens (tertiary/aromatic N) is 1. The monoisotopic (exact) mass is 167 g/mol. The number of fused-ring (bicyclic) bond motifs is 1. The van der Waals surface area contributed by atoms with Gasteiger partial charge in [0, 0.05) is 0 Å². The van der Waals surface area contributed by atoms with E-state index >= 15 is 0 Å². The molecule has 1 aliphatic carbocycles. The Balaban J connectivity index is 2.34. The molecule has 0 bridgehead atoms. The van der Waals surface area contributed by atoms with E-state index in [-0.39, 0.29) is 11.0 Å². The van der Waals surface area contributed by atoms with Gasteiger partial charge >= 0.3 is 0 Å². The summed E-state index contributed by atoms with van der Waals surface area (Å²) in [6, 6.07) is 0. The van der Waals surface area contributed by atoms with Crippen LogP contribution in [-0.2, 0) is 9.59 Å². The van der Waals surface area contributed by atoms with Crippen LogP contribution in [0.4, 0.5) is 0 Å². The molecule has 1 N–H and O–H groups in total. The lowest BCUT2D eigenvalue weighted by atomic mass is 9.86. The van der Waals surface area contributed by atoms with Gasteiger partial charge in [-0.25, -0.2) is 0 Å². The summed E-state index contributed by atoms with van der Waals surface area (Å²) in [7, 11) is 0. The van der Waals surface area contributed by atoms with Crippen molar-refractivity contribution in [2.45, 2.75) is 12.8 Å². The Labute approximate surface area is 69.4 Å². The van der Waals surface area contributed by atoms with E-state index in [4.69, 9.17) is 5.21 Å². The third-order valence-electron chi connectivity index (χ3n) is 2.44. The Hall–Kier alpha value is -1.16. The van der Waals surface area contributed by atoms with Gasteiger partial charge in [-0.3, -0.25) is 14.8 Å². The summed E-state index contributed by atoms with van der Waals surface area (Å²) >= 11 is 0. The van der Waals surface area contributed by atoms with E-state index in [0.29, 0.717) is 6.42 Å². The minimum atomic E-state index is -0.485. The maximum atomic E-state index is 11.2. The van der Waals surface area contributed by atoms with E-state index in [1.165, 1.54) is 0 Å². The van der Waals surface area contributed by atoms with Gasteiger partial charge in [-0.2, -0.15) is 5.06 Å². The summed E-state index contributed by atoms with van der Waals surface area (Å²) in [5.74, 6) is -1.65. The van der Waals surface area contributed by atoms with E-state index in [0.717, 1.165) is 6.42 Å². The minimum absolute atomic E-state index is 0.255. The van der Waals surface area contributed by atoms with E-state index in [1.54, 1.807) is 6.08 Å². The topological polar surface area (TPSA) is 57.6 Å². The van der Waals surface area contributed by atoms with Crippen LogP contribution in [-0.4, -0.2) is 22.1 Å². The van der Waals surface area contributed by atoms with E-state index in [1.807, 2.05) is 6.08 Å². The van der Waals surface area contributed by atoms with Crippen molar-refractivity contribution in [2.24, 2.45) is 11.8 Å². The highest BCUT2D eigenvalue weighted by atomic mass is 16.5. The Morgan fingerprint density at radius 2 is 2.17 bits per heavy atom. The first-order chi connectivity index (χ1) is 5.72. The molecule has 4 heteroatoms. The Morgan fingerprint density at radius 1 is 1.42 bits per heavy atom. The lowest BCUT2D eigenvalue weighted by Crippen LogP contribution is -2.26. The number of hydrogen-bond acceptors (Lipinski definition) is 3. The number of carbonyl (C=O) groups is 2. The van der Waals surface area contributed by atoms with Gasteiger partial charge in [0.1, 0.15) is 0 Å². The molecule has 1 fully saturated rings. The van der Waals surface area contributed by atoms with Crippen LogP contribution in [0.5, 0.6) is 0 Å². The second kappa shape index (κ2) is 2.42. The normalized spacial score (nSPS) is 34.2. The van der Waals surface area contributed by atoms with Crippen LogP contribution in [0.2, 0.25) is 0 Å². The summed E-state index contributed by atoms with van der Waals surface area (Å²) in [5, 5.41) is 9.25. The van der Waals surface area contributed by atoms with Crippen LogP contribution in [0.15, 0.2) is 12.2 Å². The molecule has 2 rings (SSSR count). The van der Waals surface area contributed by atoms with E-state index < -0.39 is 17.7 Å². The van der Waals surface area contributed by atoms with Crippen LogP contribution >= 0.6 is 0 Å². The first-order valence-corrected chi connectivity index (χ1v) is 3.95. The van der Waals surface area contributed by atoms with Gasteiger partial charge in [0.2, 0.25) is 0 Å². The lowest BCUT2D eigenvalue weighted by molar-refractivity contribution is -0.172. The van der Waals surface area contributed by atoms with Gasteiger partial charge in [0.15, 0.2) is 0 Å². The molecule has 64 valence electrons. The number of imide groups is 1. The second-order valence-electron chi connectivity index (χ2n) is 3.13. The molecule has 1 heterocycles. The molecule has 0 saturated carbocycles. The molecule has 1 saturated heterocycles.